The number of carbonyl (C=O) groups is 1. The highest BCUT2D eigenvalue weighted by atomic mass is 16.3. The van der Waals surface area contributed by atoms with Crippen LogP contribution in [0.25, 0.3) is 0 Å². The van der Waals surface area contributed by atoms with Gasteiger partial charge in [0.05, 0.1) is 13.3 Å². The van der Waals surface area contributed by atoms with Crippen LogP contribution in [0.5, 0.6) is 0 Å². The molecule has 0 aromatic heterocycles. The second-order valence-electron chi connectivity index (χ2n) is 3.11. The molecule has 0 unspecified atom stereocenters. The van der Waals surface area contributed by atoms with Crippen LogP contribution in [-0.2, 0) is 4.79 Å². The molecular formula is C9H20N2O2. The molecule has 13 heavy (non-hydrogen) atoms. The standard InChI is InChI=1S/C9H20N2O2/c1-3-4-5-6-11(2)9(13)7-10-8-12/h10,12H,3-8H2,1-2H3. The summed E-state index contributed by atoms with van der Waals surface area (Å²) < 4.78 is 0. The Morgan fingerprint density at radius 3 is 2.69 bits per heavy atom. The van der Waals surface area contributed by atoms with Crippen molar-refractivity contribution in [3.63, 3.8) is 0 Å². The van der Waals surface area contributed by atoms with Crippen LogP contribution in [0.2, 0.25) is 0 Å². The van der Waals surface area contributed by atoms with E-state index >= 15 is 0 Å². The maximum Gasteiger partial charge on any atom is 0.236 e. The fraction of sp³-hybridized carbons (Fsp3) is 0.889. The van der Waals surface area contributed by atoms with Crippen LogP contribution < -0.4 is 5.32 Å². The number of hydrogen-bond donors (Lipinski definition) is 2. The molecule has 0 radical (unpaired) electrons. The van der Waals surface area contributed by atoms with E-state index < -0.39 is 0 Å². The third-order valence-electron chi connectivity index (χ3n) is 1.91. The number of nitrogens with one attached hydrogen (secondary N) is 1. The van der Waals surface area contributed by atoms with E-state index in [0.717, 1.165) is 25.8 Å². The molecule has 0 fully saturated rings. The van der Waals surface area contributed by atoms with Crippen molar-refractivity contribution in [2.45, 2.75) is 26.2 Å². The maximum absolute atomic E-state index is 11.2. The van der Waals surface area contributed by atoms with Gasteiger partial charge >= 0.3 is 0 Å². The second kappa shape index (κ2) is 8.01. The Morgan fingerprint density at radius 2 is 2.15 bits per heavy atom. The molecule has 78 valence electrons. The quantitative estimate of drug-likeness (QED) is 0.442. The van der Waals surface area contributed by atoms with Crippen molar-refractivity contribution in [2.24, 2.45) is 0 Å². The van der Waals surface area contributed by atoms with Crippen molar-refractivity contribution in [3.05, 3.63) is 0 Å². The van der Waals surface area contributed by atoms with Gasteiger partial charge in [0.2, 0.25) is 5.91 Å². The Hall–Kier alpha value is -0.610. The van der Waals surface area contributed by atoms with Gasteiger partial charge in [-0.15, -0.1) is 0 Å². The lowest BCUT2D eigenvalue weighted by Crippen LogP contribution is -2.36. The van der Waals surface area contributed by atoms with Gasteiger partial charge < -0.3 is 10.0 Å². The number of aliphatic hydroxyl groups excluding tert-OH is 1. The van der Waals surface area contributed by atoms with Crippen LogP contribution in [-0.4, -0.2) is 42.8 Å². The lowest BCUT2D eigenvalue weighted by atomic mass is 10.2. The summed E-state index contributed by atoms with van der Waals surface area (Å²) in [6, 6.07) is 0. The van der Waals surface area contributed by atoms with Crippen molar-refractivity contribution >= 4 is 5.91 Å². The van der Waals surface area contributed by atoms with E-state index in [1.165, 1.54) is 0 Å². The van der Waals surface area contributed by atoms with Crippen molar-refractivity contribution in [1.82, 2.24) is 10.2 Å². The minimum Gasteiger partial charge on any atom is -0.381 e. The largest absolute Gasteiger partial charge is 0.381 e. The number of aliphatic hydroxyl groups is 1. The Labute approximate surface area is 79.9 Å². The van der Waals surface area contributed by atoms with Crippen LogP contribution in [0.3, 0.4) is 0 Å². The first kappa shape index (κ1) is 12.4. The molecule has 0 aromatic carbocycles. The van der Waals surface area contributed by atoms with Gasteiger partial charge in [-0.1, -0.05) is 19.8 Å². The van der Waals surface area contributed by atoms with Gasteiger partial charge in [-0.05, 0) is 6.42 Å². The molecule has 0 spiro atoms. The van der Waals surface area contributed by atoms with Gasteiger partial charge in [0.15, 0.2) is 0 Å². The van der Waals surface area contributed by atoms with E-state index in [1.54, 1.807) is 11.9 Å². The number of hydrogen-bond acceptors (Lipinski definition) is 3. The van der Waals surface area contributed by atoms with E-state index in [2.05, 4.69) is 12.2 Å². The first-order chi connectivity index (χ1) is 6.22. The molecule has 0 aliphatic rings. The summed E-state index contributed by atoms with van der Waals surface area (Å²) in [6.07, 6.45) is 3.37. The molecule has 0 rings (SSSR count). The SMILES string of the molecule is CCCCCN(C)C(=O)CNCO. The maximum atomic E-state index is 11.2. The Balaban J connectivity index is 3.45. The highest BCUT2D eigenvalue weighted by Gasteiger charge is 2.06. The smallest absolute Gasteiger partial charge is 0.236 e. The Kier molecular flexibility index (Phi) is 7.63. The predicted octanol–water partition coefficient (Wildman–Crippen LogP) is 0.174. The molecule has 0 aliphatic heterocycles. The molecule has 0 atom stereocenters. The first-order valence-corrected chi connectivity index (χ1v) is 4.78. The summed E-state index contributed by atoms with van der Waals surface area (Å²) in [7, 11) is 1.79. The van der Waals surface area contributed by atoms with Crippen LogP contribution >= 0.6 is 0 Å². The van der Waals surface area contributed by atoms with Gasteiger partial charge in [-0.25, -0.2) is 0 Å². The monoisotopic (exact) mass is 188 g/mol. The molecule has 0 aromatic rings. The van der Waals surface area contributed by atoms with Gasteiger partial charge in [0.25, 0.3) is 0 Å². The van der Waals surface area contributed by atoms with Crippen molar-refractivity contribution in [1.29, 1.82) is 0 Å². The minimum absolute atomic E-state index is 0.0325. The first-order valence-electron chi connectivity index (χ1n) is 4.78. The summed E-state index contributed by atoms with van der Waals surface area (Å²) in [6.45, 7) is 3.02. The lowest BCUT2D eigenvalue weighted by molar-refractivity contribution is -0.129. The zero-order chi connectivity index (χ0) is 10.1. The van der Waals surface area contributed by atoms with E-state index in [0.29, 0.717) is 0 Å². The molecule has 0 heterocycles. The van der Waals surface area contributed by atoms with Gasteiger partial charge in [-0.2, -0.15) is 0 Å². The Bertz CT molecular complexity index is 140. The number of amides is 1. The minimum atomic E-state index is -0.144. The fourth-order valence-electron chi connectivity index (χ4n) is 1.02. The predicted molar refractivity (Wildman–Crippen MR) is 52.3 cm³/mol. The molecule has 4 heteroatoms. The fourth-order valence-corrected chi connectivity index (χ4v) is 1.02. The molecule has 0 saturated heterocycles. The molecule has 0 saturated carbocycles. The molecular weight excluding hydrogens is 168 g/mol. The normalized spacial score (nSPS) is 10.1. The highest BCUT2D eigenvalue weighted by Crippen LogP contribution is 1.96. The topological polar surface area (TPSA) is 52.6 Å². The lowest BCUT2D eigenvalue weighted by Gasteiger charge is -2.16. The van der Waals surface area contributed by atoms with E-state index in [-0.39, 0.29) is 19.2 Å². The molecule has 1 amide bonds. The second-order valence-corrected chi connectivity index (χ2v) is 3.11. The summed E-state index contributed by atoms with van der Waals surface area (Å²) in [5.74, 6) is 0.0325. The number of carbonyl (C=O) groups excluding carboxylic acids is 1. The average Bonchev–Trinajstić information content (AvgIpc) is 2.14. The van der Waals surface area contributed by atoms with E-state index in [9.17, 15) is 4.79 Å². The molecule has 2 N–H and O–H groups in total. The van der Waals surface area contributed by atoms with Crippen molar-refractivity contribution in [2.75, 3.05) is 26.9 Å². The third-order valence-corrected chi connectivity index (χ3v) is 1.91. The summed E-state index contributed by atoms with van der Waals surface area (Å²) in [5.41, 5.74) is 0. The number of rotatable bonds is 7. The molecule has 4 nitrogen and oxygen atoms in total. The van der Waals surface area contributed by atoms with Crippen molar-refractivity contribution < 1.29 is 9.90 Å². The van der Waals surface area contributed by atoms with Gasteiger partial charge in [0.1, 0.15) is 0 Å². The third kappa shape index (κ3) is 6.54. The average molecular weight is 188 g/mol. The zero-order valence-corrected chi connectivity index (χ0v) is 8.55. The number of likely N-dealkylation sites (N-methyl/N-ethyl adjacent to an activating group) is 1. The summed E-state index contributed by atoms with van der Waals surface area (Å²) in [5, 5.41) is 11.0. The number of unbranched alkanes of at least 4 members (excludes halogenated alkanes) is 2. The van der Waals surface area contributed by atoms with Gasteiger partial charge in [-0.3, -0.25) is 10.1 Å². The van der Waals surface area contributed by atoms with Crippen LogP contribution in [0.1, 0.15) is 26.2 Å². The van der Waals surface area contributed by atoms with Gasteiger partial charge in [0, 0.05) is 13.6 Å². The summed E-state index contributed by atoms with van der Waals surface area (Å²) >= 11 is 0. The molecule has 0 aliphatic carbocycles. The van der Waals surface area contributed by atoms with Crippen LogP contribution in [0.15, 0.2) is 0 Å². The van der Waals surface area contributed by atoms with Crippen LogP contribution in [0.4, 0.5) is 0 Å². The number of nitrogens with zero attached hydrogens (tertiary/aromatic N) is 1. The highest BCUT2D eigenvalue weighted by molar-refractivity contribution is 5.77. The van der Waals surface area contributed by atoms with Crippen LogP contribution in [0, 0.1) is 0 Å². The summed E-state index contributed by atoms with van der Waals surface area (Å²) in [4.78, 5) is 12.9. The zero-order valence-electron chi connectivity index (χ0n) is 8.55. The molecule has 0 bridgehead atoms. The van der Waals surface area contributed by atoms with E-state index in [1.807, 2.05) is 0 Å². The van der Waals surface area contributed by atoms with E-state index in [4.69, 9.17) is 5.11 Å². The van der Waals surface area contributed by atoms with Crippen molar-refractivity contribution in [3.8, 4) is 0 Å². The Morgan fingerprint density at radius 1 is 1.46 bits per heavy atom.